The zero-order valence-electron chi connectivity index (χ0n) is 14.1. The maximum atomic E-state index is 13.0. The molecule has 1 amide bonds. The van der Waals surface area contributed by atoms with E-state index in [4.69, 9.17) is 11.6 Å². The summed E-state index contributed by atoms with van der Waals surface area (Å²) in [5.41, 5.74) is 2.07. The summed E-state index contributed by atoms with van der Waals surface area (Å²) in [5.74, 6) is -1.34. The molecule has 4 heteroatoms. The van der Waals surface area contributed by atoms with Gasteiger partial charge in [0, 0.05) is 16.3 Å². The molecule has 0 aliphatic rings. The van der Waals surface area contributed by atoms with E-state index in [9.17, 15) is 9.59 Å². The first kappa shape index (κ1) is 17.9. The molecule has 3 aromatic carbocycles. The van der Waals surface area contributed by atoms with E-state index in [-0.39, 0.29) is 11.7 Å². The fraction of sp³-hybridized carbons (Fsp3) is 0.0909. The third-order valence-corrected chi connectivity index (χ3v) is 4.34. The summed E-state index contributed by atoms with van der Waals surface area (Å²) < 4.78 is 0. The molecular formula is C22H18ClNO2. The minimum absolute atomic E-state index is 0.200. The molecule has 0 saturated carbocycles. The number of nitrogens with one attached hydrogen (secondary N) is 1. The van der Waals surface area contributed by atoms with Crippen molar-refractivity contribution < 1.29 is 9.59 Å². The van der Waals surface area contributed by atoms with Crippen LogP contribution in [0.15, 0.2) is 84.9 Å². The highest BCUT2D eigenvalue weighted by Crippen LogP contribution is 2.19. The van der Waals surface area contributed by atoms with Gasteiger partial charge in [-0.3, -0.25) is 9.59 Å². The molecule has 0 saturated heterocycles. The van der Waals surface area contributed by atoms with Crippen LogP contribution < -0.4 is 5.32 Å². The molecule has 0 radical (unpaired) electrons. The highest BCUT2D eigenvalue weighted by Gasteiger charge is 2.28. The Morgan fingerprint density at radius 2 is 1.38 bits per heavy atom. The van der Waals surface area contributed by atoms with E-state index in [0.717, 1.165) is 5.56 Å². The average Bonchev–Trinajstić information content (AvgIpc) is 2.68. The number of rotatable bonds is 6. The van der Waals surface area contributed by atoms with Gasteiger partial charge in [-0.1, -0.05) is 72.3 Å². The summed E-state index contributed by atoms with van der Waals surface area (Å²) in [6.45, 7) is 0. The Labute approximate surface area is 157 Å². The Balaban J connectivity index is 1.86. The first-order valence-electron chi connectivity index (χ1n) is 8.33. The lowest BCUT2D eigenvalue weighted by Crippen LogP contribution is -2.31. The van der Waals surface area contributed by atoms with Crippen molar-refractivity contribution in [2.45, 2.75) is 6.42 Å². The lowest BCUT2D eigenvalue weighted by Gasteiger charge is -2.16. The van der Waals surface area contributed by atoms with Crippen molar-refractivity contribution >= 4 is 29.0 Å². The van der Waals surface area contributed by atoms with E-state index in [1.807, 2.05) is 36.4 Å². The van der Waals surface area contributed by atoms with E-state index in [1.54, 1.807) is 48.5 Å². The topological polar surface area (TPSA) is 46.2 Å². The van der Waals surface area contributed by atoms with Crippen LogP contribution in [0, 0.1) is 5.92 Å². The van der Waals surface area contributed by atoms with Crippen LogP contribution >= 0.6 is 11.6 Å². The molecule has 3 nitrogen and oxygen atoms in total. The fourth-order valence-corrected chi connectivity index (χ4v) is 2.84. The number of halogens is 1. The number of hydrogen-bond donors (Lipinski definition) is 1. The monoisotopic (exact) mass is 363 g/mol. The molecule has 0 bridgehead atoms. The Morgan fingerprint density at radius 3 is 2.00 bits per heavy atom. The second kappa shape index (κ2) is 8.45. The lowest BCUT2D eigenvalue weighted by molar-refractivity contribution is -0.118. The number of anilines is 1. The van der Waals surface area contributed by atoms with Crippen LogP contribution in [0.5, 0.6) is 0 Å². The number of Topliss-reactive ketones (excluding diaryl/α,β-unsaturated/α-hetero) is 1. The molecule has 1 N–H and O–H groups in total. The number of carbonyl (C=O) groups is 2. The maximum absolute atomic E-state index is 13.0. The molecule has 3 rings (SSSR count). The maximum Gasteiger partial charge on any atom is 0.235 e. The molecule has 1 atom stereocenters. The van der Waals surface area contributed by atoms with Gasteiger partial charge in [0.25, 0.3) is 0 Å². The molecular weight excluding hydrogens is 346 g/mol. The second-order valence-electron chi connectivity index (χ2n) is 5.97. The van der Waals surface area contributed by atoms with Crippen molar-refractivity contribution in [1.82, 2.24) is 0 Å². The number of carbonyl (C=O) groups excluding carboxylic acids is 2. The van der Waals surface area contributed by atoms with E-state index in [2.05, 4.69) is 5.32 Å². The second-order valence-corrected chi connectivity index (χ2v) is 6.41. The lowest BCUT2D eigenvalue weighted by atomic mass is 9.90. The van der Waals surface area contributed by atoms with Gasteiger partial charge in [-0.05, 0) is 36.2 Å². The Hall–Kier alpha value is -2.91. The minimum Gasteiger partial charge on any atom is -0.325 e. The van der Waals surface area contributed by atoms with Crippen molar-refractivity contribution in [3.63, 3.8) is 0 Å². The van der Waals surface area contributed by atoms with Crippen LogP contribution in [0.25, 0.3) is 0 Å². The van der Waals surface area contributed by atoms with Gasteiger partial charge < -0.3 is 5.32 Å². The van der Waals surface area contributed by atoms with E-state index >= 15 is 0 Å². The van der Waals surface area contributed by atoms with Crippen LogP contribution in [0.1, 0.15) is 15.9 Å². The number of hydrogen-bond acceptors (Lipinski definition) is 2. The van der Waals surface area contributed by atoms with Gasteiger partial charge in [0.05, 0.1) is 0 Å². The molecule has 0 aliphatic carbocycles. The number of para-hydroxylation sites is 1. The van der Waals surface area contributed by atoms with Crippen LogP contribution in [0.4, 0.5) is 5.69 Å². The summed E-state index contributed by atoms with van der Waals surface area (Å²) in [4.78, 5) is 25.8. The minimum atomic E-state index is -0.821. The third kappa shape index (κ3) is 4.58. The molecule has 3 aromatic rings. The summed E-state index contributed by atoms with van der Waals surface area (Å²) in [6, 6.07) is 25.2. The van der Waals surface area contributed by atoms with E-state index in [0.29, 0.717) is 22.7 Å². The van der Waals surface area contributed by atoms with Crippen LogP contribution in [0.2, 0.25) is 5.02 Å². The third-order valence-electron chi connectivity index (χ3n) is 4.09. The molecule has 130 valence electrons. The highest BCUT2D eigenvalue weighted by molar-refractivity contribution is 6.30. The van der Waals surface area contributed by atoms with Gasteiger partial charge in [0.1, 0.15) is 5.92 Å². The fourth-order valence-electron chi connectivity index (χ4n) is 2.72. The molecule has 0 unspecified atom stereocenters. The Morgan fingerprint density at radius 1 is 0.808 bits per heavy atom. The smallest absolute Gasteiger partial charge is 0.235 e. The van der Waals surface area contributed by atoms with Gasteiger partial charge >= 0.3 is 0 Å². The molecule has 0 aliphatic heterocycles. The van der Waals surface area contributed by atoms with Gasteiger partial charge in [0.2, 0.25) is 5.91 Å². The number of ketones is 1. The zero-order valence-corrected chi connectivity index (χ0v) is 14.8. The van der Waals surface area contributed by atoms with Gasteiger partial charge in [-0.25, -0.2) is 0 Å². The van der Waals surface area contributed by atoms with Crippen molar-refractivity contribution in [3.8, 4) is 0 Å². The SMILES string of the molecule is O=C(Nc1ccccc1)[C@@H](Cc1ccc(Cl)cc1)C(=O)c1ccccc1. The molecule has 0 heterocycles. The van der Waals surface area contributed by atoms with Crippen LogP contribution in [0.3, 0.4) is 0 Å². The van der Waals surface area contributed by atoms with Crippen molar-refractivity contribution in [2.24, 2.45) is 5.92 Å². The van der Waals surface area contributed by atoms with Crippen LogP contribution in [-0.4, -0.2) is 11.7 Å². The molecule has 0 spiro atoms. The largest absolute Gasteiger partial charge is 0.325 e. The molecule has 0 aromatic heterocycles. The number of benzene rings is 3. The van der Waals surface area contributed by atoms with Gasteiger partial charge in [-0.2, -0.15) is 0 Å². The first-order chi connectivity index (χ1) is 12.6. The summed E-state index contributed by atoms with van der Waals surface area (Å²) in [7, 11) is 0. The molecule has 26 heavy (non-hydrogen) atoms. The summed E-state index contributed by atoms with van der Waals surface area (Å²) >= 11 is 5.93. The summed E-state index contributed by atoms with van der Waals surface area (Å²) in [6.07, 6.45) is 0.309. The van der Waals surface area contributed by atoms with Gasteiger partial charge in [0.15, 0.2) is 5.78 Å². The Bertz CT molecular complexity index is 877. The highest BCUT2D eigenvalue weighted by atomic mass is 35.5. The van der Waals surface area contributed by atoms with Gasteiger partial charge in [-0.15, -0.1) is 0 Å². The quantitative estimate of drug-likeness (QED) is 0.493. The normalized spacial score (nSPS) is 11.6. The standard InChI is InChI=1S/C22H18ClNO2/c23-18-13-11-16(12-14-18)15-20(21(25)17-7-3-1-4-8-17)22(26)24-19-9-5-2-6-10-19/h1-14,20H,15H2,(H,24,26)/t20-/m0/s1. The predicted octanol–water partition coefficient (Wildman–Crippen LogP) is 5.02. The number of amides is 1. The average molecular weight is 364 g/mol. The molecule has 0 fully saturated rings. The van der Waals surface area contributed by atoms with Crippen molar-refractivity contribution in [1.29, 1.82) is 0 Å². The summed E-state index contributed by atoms with van der Waals surface area (Å²) in [5, 5.41) is 3.46. The Kier molecular flexibility index (Phi) is 5.82. The first-order valence-corrected chi connectivity index (χ1v) is 8.71. The zero-order chi connectivity index (χ0) is 18.4. The van der Waals surface area contributed by atoms with Crippen molar-refractivity contribution in [2.75, 3.05) is 5.32 Å². The van der Waals surface area contributed by atoms with Crippen LogP contribution in [-0.2, 0) is 11.2 Å². The van der Waals surface area contributed by atoms with Crippen molar-refractivity contribution in [3.05, 3.63) is 101 Å². The van der Waals surface area contributed by atoms with E-state index in [1.165, 1.54) is 0 Å². The van der Waals surface area contributed by atoms with E-state index < -0.39 is 5.92 Å². The predicted molar refractivity (Wildman–Crippen MR) is 104 cm³/mol.